The molecule has 4 unspecified atom stereocenters. The lowest BCUT2D eigenvalue weighted by Gasteiger charge is -2.19. The van der Waals surface area contributed by atoms with Gasteiger partial charge in [-0.25, -0.2) is 0 Å². The van der Waals surface area contributed by atoms with Crippen LogP contribution in [0.3, 0.4) is 0 Å². The van der Waals surface area contributed by atoms with Gasteiger partial charge in [0.05, 0.1) is 29.3 Å². The number of thioether (sulfide) groups is 1. The van der Waals surface area contributed by atoms with Crippen LogP contribution >= 0.6 is 11.8 Å². The fourth-order valence-electron chi connectivity index (χ4n) is 3.02. The molecule has 3 heterocycles. The van der Waals surface area contributed by atoms with Crippen LogP contribution in [0.4, 0.5) is 5.69 Å². The molecule has 5 heteroatoms. The first-order chi connectivity index (χ1) is 9.34. The van der Waals surface area contributed by atoms with Crippen LogP contribution < -0.4 is 5.73 Å². The van der Waals surface area contributed by atoms with Gasteiger partial charge in [-0.05, 0) is 5.56 Å². The fraction of sp³-hybridized carbons (Fsp3) is 0.357. The van der Waals surface area contributed by atoms with Crippen LogP contribution in [0, 0.1) is 0 Å². The Kier molecular flexibility index (Phi) is 2.56. The minimum Gasteiger partial charge on any atom is -0.396 e. The number of rotatable bonds is 3. The van der Waals surface area contributed by atoms with Crippen LogP contribution in [0.25, 0.3) is 0 Å². The zero-order chi connectivity index (χ0) is 12.8. The second-order valence-corrected chi connectivity index (χ2v) is 6.32. The quantitative estimate of drug-likeness (QED) is 0.866. The van der Waals surface area contributed by atoms with Crippen LogP contribution in [-0.4, -0.2) is 38.4 Å². The summed E-state index contributed by atoms with van der Waals surface area (Å²) in [6, 6.07) is 11.4. The highest BCUT2D eigenvalue weighted by Crippen LogP contribution is 2.49. The average Bonchev–Trinajstić information content (AvgIpc) is 2.83. The Morgan fingerprint density at radius 3 is 2.79 bits per heavy atom. The van der Waals surface area contributed by atoms with Gasteiger partial charge in [0.15, 0.2) is 0 Å². The second-order valence-electron chi connectivity index (χ2n) is 5.10. The van der Waals surface area contributed by atoms with E-state index in [0.29, 0.717) is 11.4 Å². The van der Waals surface area contributed by atoms with E-state index in [4.69, 9.17) is 5.73 Å². The molecule has 2 N–H and O–H groups in total. The summed E-state index contributed by atoms with van der Waals surface area (Å²) in [6.45, 7) is 1.19. The third-order valence-electron chi connectivity index (χ3n) is 3.92. The minimum absolute atomic E-state index is 0.274. The number of nitrogens with zero attached hydrogens (tertiary/aromatic N) is 3. The molecular weight excluding hydrogens is 256 g/mol. The maximum absolute atomic E-state index is 5.83. The van der Waals surface area contributed by atoms with E-state index >= 15 is 0 Å². The van der Waals surface area contributed by atoms with Gasteiger partial charge in [0.25, 0.3) is 0 Å². The van der Waals surface area contributed by atoms with E-state index in [9.17, 15) is 0 Å². The van der Waals surface area contributed by atoms with E-state index in [1.165, 1.54) is 17.9 Å². The van der Waals surface area contributed by atoms with Crippen LogP contribution in [0.15, 0.2) is 42.7 Å². The minimum atomic E-state index is 0.274. The Hall–Kier alpha value is -1.46. The highest BCUT2D eigenvalue weighted by Gasteiger charge is 2.56. The summed E-state index contributed by atoms with van der Waals surface area (Å²) in [7, 11) is 0. The fourth-order valence-corrected chi connectivity index (χ4v) is 4.45. The smallest absolute Gasteiger partial charge is 0.0948 e. The van der Waals surface area contributed by atoms with Crippen LogP contribution in [0.2, 0.25) is 0 Å². The van der Waals surface area contributed by atoms with Crippen molar-refractivity contribution in [3.8, 4) is 0 Å². The van der Waals surface area contributed by atoms with Gasteiger partial charge in [-0.2, -0.15) is 5.10 Å². The summed E-state index contributed by atoms with van der Waals surface area (Å²) < 4.78 is 2.02. The molecule has 0 bridgehead atoms. The highest BCUT2D eigenvalue weighted by atomic mass is 32.2. The van der Waals surface area contributed by atoms with Crippen molar-refractivity contribution in [3.63, 3.8) is 0 Å². The van der Waals surface area contributed by atoms with Crippen molar-refractivity contribution in [2.24, 2.45) is 0 Å². The molecule has 4 nitrogen and oxygen atoms in total. The molecule has 2 aliphatic rings. The topological polar surface area (TPSA) is 46.8 Å². The van der Waals surface area contributed by atoms with E-state index in [0.717, 1.165) is 5.69 Å². The molecule has 2 saturated heterocycles. The van der Waals surface area contributed by atoms with Gasteiger partial charge in [0.2, 0.25) is 0 Å². The molecule has 4 rings (SSSR count). The third kappa shape index (κ3) is 1.84. The van der Waals surface area contributed by atoms with E-state index in [-0.39, 0.29) is 6.04 Å². The molecule has 1 aromatic heterocycles. The van der Waals surface area contributed by atoms with Crippen molar-refractivity contribution in [2.75, 3.05) is 18.0 Å². The number of hydrogen-bond acceptors (Lipinski definition) is 4. The molecule has 0 amide bonds. The molecule has 2 aromatic rings. The average molecular weight is 272 g/mol. The Bertz CT molecular complexity index is 572. The monoisotopic (exact) mass is 272 g/mol. The van der Waals surface area contributed by atoms with Gasteiger partial charge in [0.1, 0.15) is 0 Å². The van der Waals surface area contributed by atoms with Crippen LogP contribution in [-0.2, 0) is 0 Å². The van der Waals surface area contributed by atoms with Crippen molar-refractivity contribution in [1.29, 1.82) is 0 Å². The number of hydrogen-bond donors (Lipinski definition) is 1. The molecule has 1 aromatic carbocycles. The van der Waals surface area contributed by atoms with Gasteiger partial charge in [-0.1, -0.05) is 30.3 Å². The number of nitrogen functional groups attached to an aromatic ring is 1. The van der Waals surface area contributed by atoms with Gasteiger partial charge >= 0.3 is 0 Å². The maximum atomic E-state index is 5.83. The number of nitrogens with two attached hydrogens (primary N) is 1. The largest absolute Gasteiger partial charge is 0.396 e. The lowest BCUT2D eigenvalue weighted by Crippen LogP contribution is -2.22. The number of fused-ring (bicyclic) bond motifs is 1. The normalized spacial score (nSPS) is 30.0. The molecule has 98 valence electrons. The molecule has 19 heavy (non-hydrogen) atoms. The molecule has 4 atom stereocenters. The first-order valence-electron chi connectivity index (χ1n) is 6.56. The van der Waals surface area contributed by atoms with Crippen molar-refractivity contribution >= 4 is 17.4 Å². The Labute approximate surface area is 116 Å². The van der Waals surface area contributed by atoms with Gasteiger partial charge in [-0.3, -0.25) is 9.58 Å². The summed E-state index contributed by atoms with van der Waals surface area (Å²) in [5.41, 5.74) is 7.87. The Morgan fingerprint density at radius 2 is 2.16 bits per heavy atom. The van der Waals surface area contributed by atoms with Crippen molar-refractivity contribution in [2.45, 2.75) is 17.5 Å². The molecule has 0 saturated carbocycles. The predicted octanol–water partition coefficient (Wildman–Crippen LogP) is 1.81. The molecule has 0 aliphatic carbocycles. The van der Waals surface area contributed by atoms with Crippen LogP contribution in [0.1, 0.15) is 11.6 Å². The van der Waals surface area contributed by atoms with E-state index in [1.807, 2.05) is 10.9 Å². The van der Waals surface area contributed by atoms with Gasteiger partial charge in [-0.15, -0.1) is 11.8 Å². The Balaban J connectivity index is 1.72. The van der Waals surface area contributed by atoms with Crippen LogP contribution in [0.5, 0.6) is 0 Å². The highest BCUT2D eigenvalue weighted by molar-refractivity contribution is 8.00. The van der Waals surface area contributed by atoms with E-state index in [1.54, 1.807) is 6.20 Å². The lowest BCUT2D eigenvalue weighted by atomic mass is 10.0. The molecular formula is C14H16N4S. The summed E-state index contributed by atoms with van der Waals surface area (Å²) in [4.78, 5) is 2.56. The SMILES string of the molecule is Nc1cnn(C(c2ccccc2)C2C3SCCN32)c1. The summed E-state index contributed by atoms with van der Waals surface area (Å²) in [5, 5.41) is 5.10. The van der Waals surface area contributed by atoms with Crippen molar-refractivity contribution in [3.05, 3.63) is 48.3 Å². The molecule has 0 radical (unpaired) electrons. The standard InChI is InChI=1S/C14H16N4S/c15-11-8-16-18(9-11)12(10-4-2-1-3-5-10)13-14-17(13)6-7-19-14/h1-5,8-9,12-14H,6-7,15H2. The zero-order valence-corrected chi connectivity index (χ0v) is 11.3. The van der Waals surface area contributed by atoms with Crippen molar-refractivity contribution in [1.82, 2.24) is 14.7 Å². The van der Waals surface area contributed by atoms with Gasteiger partial charge < -0.3 is 5.73 Å². The summed E-state index contributed by atoms with van der Waals surface area (Å²) in [6.07, 6.45) is 3.67. The van der Waals surface area contributed by atoms with Crippen molar-refractivity contribution < 1.29 is 0 Å². The van der Waals surface area contributed by atoms with E-state index in [2.05, 4.69) is 52.1 Å². The second kappa shape index (κ2) is 4.28. The first-order valence-corrected chi connectivity index (χ1v) is 7.61. The van der Waals surface area contributed by atoms with E-state index < -0.39 is 0 Å². The molecule has 0 spiro atoms. The number of anilines is 1. The summed E-state index contributed by atoms with van der Waals surface area (Å²) >= 11 is 2.06. The number of benzene rings is 1. The predicted molar refractivity (Wildman–Crippen MR) is 78.0 cm³/mol. The van der Waals surface area contributed by atoms with Gasteiger partial charge in [0, 0.05) is 18.5 Å². The Morgan fingerprint density at radius 1 is 1.32 bits per heavy atom. The third-order valence-corrected chi connectivity index (χ3v) is 5.23. The maximum Gasteiger partial charge on any atom is 0.0948 e. The lowest BCUT2D eigenvalue weighted by molar-refractivity contribution is 0.428. The molecule has 2 aliphatic heterocycles. The molecule has 2 fully saturated rings. The zero-order valence-electron chi connectivity index (χ0n) is 10.5. The first kappa shape index (κ1) is 11.4. The number of aromatic nitrogens is 2. The summed E-state index contributed by atoms with van der Waals surface area (Å²) in [5.74, 6) is 1.25.